The summed E-state index contributed by atoms with van der Waals surface area (Å²) in [5, 5.41) is 0.451. The number of hydrogen-bond donors (Lipinski definition) is 0. The molecule has 0 saturated carbocycles. The number of aldehydes is 1. The second-order valence-corrected chi connectivity index (χ2v) is 3.88. The van der Waals surface area contributed by atoms with Crippen LogP contribution in [0, 0.1) is 0 Å². The van der Waals surface area contributed by atoms with Crippen LogP contribution in [0.2, 0.25) is 10.0 Å². The summed E-state index contributed by atoms with van der Waals surface area (Å²) >= 11 is 11.5. The molecular weight excluding hydrogens is 246 g/mol. The molecule has 0 aromatic heterocycles. The zero-order valence-electron chi connectivity index (χ0n) is 7.00. The lowest BCUT2D eigenvalue weighted by molar-refractivity contribution is 0.112. The number of hydrogen-bond acceptors (Lipinski definition) is 3. The van der Waals surface area contributed by atoms with Crippen molar-refractivity contribution in [3.8, 4) is 5.75 Å². The largest absolute Gasteiger partial charge is 0.486 e. The van der Waals surface area contributed by atoms with Gasteiger partial charge < -0.3 is 9.30 Å². The number of halogens is 2. The highest BCUT2D eigenvalue weighted by Crippen LogP contribution is 2.29. The highest BCUT2D eigenvalue weighted by Gasteiger charge is 2.07. The molecule has 0 radical (unpaired) electrons. The Morgan fingerprint density at radius 2 is 1.93 bits per heavy atom. The summed E-state index contributed by atoms with van der Waals surface area (Å²) in [5.74, 6) is 0.411. The van der Waals surface area contributed by atoms with Gasteiger partial charge in [0, 0.05) is 0 Å². The van der Waals surface area contributed by atoms with Crippen LogP contribution in [0.4, 0.5) is 0 Å². The summed E-state index contributed by atoms with van der Waals surface area (Å²) in [5.41, 5.74) is 0.232. The first-order chi connectivity index (χ1) is 6.69. The minimum atomic E-state index is -0.975. The highest BCUT2D eigenvalue weighted by atomic mass is 35.5. The Morgan fingerprint density at radius 3 is 2.36 bits per heavy atom. The second-order valence-electron chi connectivity index (χ2n) is 2.40. The number of carbonyl (C=O) groups excluding carboxylic acids is 1. The SMILES string of the molecule is O=Cc1c(Cl)cc(OC[PH2]=O)cc1Cl. The van der Waals surface area contributed by atoms with Crippen molar-refractivity contribution in [3.05, 3.63) is 27.7 Å². The quantitative estimate of drug-likeness (QED) is 0.612. The molecule has 6 heteroatoms. The van der Waals surface area contributed by atoms with Crippen LogP contribution in [0.5, 0.6) is 5.75 Å². The zero-order valence-corrected chi connectivity index (χ0v) is 9.66. The monoisotopic (exact) mass is 252 g/mol. The van der Waals surface area contributed by atoms with E-state index in [1.165, 1.54) is 12.1 Å². The predicted octanol–water partition coefficient (Wildman–Crippen LogP) is 2.90. The number of carbonyl (C=O) groups is 1. The fourth-order valence-electron chi connectivity index (χ4n) is 0.887. The van der Waals surface area contributed by atoms with Crippen LogP contribution in [-0.4, -0.2) is 12.6 Å². The Balaban J connectivity index is 3.01. The molecular formula is C8H7Cl2O3P. The molecule has 3 nitrogen and oxygen atoms in total. The summed E-state index contributed by atoms with van der Waals surface area (Å²) in [6, 6.07) is 2.93. The second kappa shape index (κ2) is 5.40. The maximum Gasteiger partial charge on any atom is 0.153 e. The van der Waals surface area contributed by atoms with E-state index in [-0.39, 0.29) is 22.0 Å². The minimum Gasteiger partial charge on any atom is -0.486 e. The van der Waals surface area contributed by atoms with E-state index in [9.17, 15) is 9.36 Å². The van der Waals surface area contributed by atoms with E-state index < -0.39 is 8.46 Å². The van der Waals surface area contributed by atoms with Crippen LogP contribution >= 0.6 is 31.7 Å². The highest BCUT2D eigenvalue weighted by molar-refractivity contribution is 7.23. The minimum absolute atomic E-state index is 0.132. The van der Waals surface area contributed by atoms with Crippen molar-refractivity contribution in [2.75, 3.05) is 6.35 Å². The van der Waals surface area contributed by atoms with Gasteiger partial charge in [0.05, 0.1) is 15.6 Å². The molecule has 0 amide bonds. The molecule has 1 aromatic carbocycles. The summed E-state index contributed by atoms with van der Waals surface area (Å²) in [6.45, 7) is 0. The molecule has 0 fully saturated rings. The normalized spacial score (nSPS) is 10.7. The lowest BCUT2D eigenvalue weighted by Gasteiger charge is -2.05. The molecule has 0 spiro atoms. The van der Waals surface area contributed by atoms with Crippen LogP contribution in [0.25, 0.3) is 0 Å². The van der Waals surface area contributed by atoms with E-state index in [2.05, 4.69) is 0 Å². The standard InChI is InChI=1S/C8H7Cl2O3P/c9-7-1-5(13-4-14-12)2-8(10)6(7)3-11/h1-3H,4,14H2. The van der Waals surface area contributed by atoms with Crippen molar-refractivity contribution in [1.29, 1.82) is 0 Å². The lowest BCUT2D eigenvalue weighted by Crippen LogP contribution is -1.91. The zero-order chi connectivity index (χ0) is 10.6. The van der Waals surface area contributed by atoms with Crippen LogP contribution in [0.1, 0.15) is 10.4 Å². The van der Waals surface area contributed by atoms with Gasteiger partial charge in [0.25, 0.3) is 0 Å². The maximum absolute atomic E-state index is 10.5. The van der Waals surface area contributed by atoms with Crippen molar-refractivity contribution < 1.29 is 14.1 Å². The number of benzene rings is 1. The van der Waals surface area contributed by atoms with E-state index in [4.69, 9.17) is 27.9 Å². The summed E-state index contributed by atoms with van der Waals surface area (Å²) < 4.78 is 15.3. The molecule has 1 unspecified atom stereocenters. The first-order valence-corrected chi connectivity index (χ1v) is 5.74. The van der Waals surface area contributed by atoms with Crippen molar-refractivity contribution in [2.24, 2.45) is 0 Å². The predicted molar refractivity (Wildman–Crippen MR) is 57.7 cm³/mol. The molecule has 14 heavy (non-hydrogen) atoms. The first-order valence-electron chi connectivity index (χ1n) is 3.69. The van der Waals surface area contributed by atoms with Crippen LogP contribution in [0.15, 0.2) is 12.1 Å². The summed E-state index contributed by atoms with van der Waals surface area (Å²) in [4.78, 5) is 10.5. The van der Waals surface area contributed by atoms with Crippen molar-refractivity contribution in [1.82, 2.24) is 0 Å². The molecule has 0 aliphatic rings. The molecule has 0 aliphatic carbocycles. The summed E-state index contributed by atoms with van der Waals surface area (Å²) in [6.07, 6.45) is 0.709. The van der Waals surface area contributed by atoms with Gasteiger partial charge in [0.1, 0.15) is 20.6 Å². The average molecular weight is 253 g/mol. The Labute approximate surface area is 92.2 Å². The molecule has 0 bridgehead atoms. The van der Waals surface area contributed by atoms with E-state index >= 15 is 0 Å². The van der Waals surface area contributed by atoms with Crippen LogP contribution in [-0.2, 0) is 4.57 Å². The van der Waals surface area contributed by atoms with Gasteiger partial charge >= 0.3 is 0 Å². The topological polar surface area (TPSA) is 43.4 Å². The maximum atomic E-state index is 10.5. The van der Waals surface area contributed by atoms with Crippen molar-refractivity contribution >= 4 is 37.9 Å². The molecule has 1 atom stereocenters. The lowest BCUT2D eigenvalue weighted by atomic mass is 10.2. The fourth-order valence-corrected chi connectivity index (χ4v) is 1.70. The molecule has 1 aromatic rings. The van der Waals surface area contributed by atoms with Gasteiger partial charge in [-0.1, -0.05) is 23.2 Å². The Kier molecular flexibility index (Phi) is 4.46. The van der Waals surface area contributed by atoms with Crippen LogP contribution in [0.3, 0.4) is 0 Å². The first kappa shape index (κ1) is 11.6. The fraction of sp³-hybridized carbons (Fsp3) is 0.125. The third kappa shape index (κ3) is 2.74. The van der Waals surface area contributed by atoms with Gasteiger partial charge in [-0.2, -0.15) is 0 Å². The molecule has 76 valence electrons. The van der Waals surface area contributed by atoms with Gasteiger partial charge in [-0.05, 0) is 12.1 Å². The van der Waals surface area contributed by atoms with Crippen LogP contribution < -0.4 is 4.74 Å². The van der Waals surface area contributed by atoms with E-state index in [1.54, 1.807) is 0 Å². The van der Waals surface area contributed by atoms with E-state index in [0.717, 1.165) is 0 Å². The summed E-state index contributed by atoms with van der Waals surface area (Å²) in [7, 11) is -0.975. The van der Waals surface area contributed by atoms with Gasteiger partial charge in [-0.3, -0.25) is 4.79 Å². The Bertz CT molecular complexity index is 345. The molecule has 0 N–H and O–H groups in total. The van der Waals surface area contributed by atoms with Gasteiger partial charge in [-0.25, -0.2) is 0 Å². The van der Waals surface area contributed by atoms with Crippen molar-refractivity contribution in [3.63, 3.8) is 0 Å². The van der Waals surface area contributed by atoms with Gasteiger partial charge in [0.15, 0.2) is 6.29 Å². The smallest absolute Gasteiger partial charge is 0.153 e. The number of rotatable bonds is 4. The average Bonchev–Trinajstić information content (AvgIpc) is 2.14. The van der Waals surface area contributed by atoms with Gasteiger partial charge in [-0.15, -0.1) is 0 Å². The van der Waals surface area contributed by atoms with E-state index in [1.807, 2.05) is 0 Å². The molecule has 1 rings (SSSR count). The number of ether oxygens (including phenoxy) is 1. The molecule has 0 aliphatic heterocycles. The van der Waals surface area contributed by atoms with Crippen molar-refractivity contribution in [2.45, 2.75) is 0 Å². The Hall–Kier alpha value is -0.500. The van der Waals surface area contributed by atoms with Gasteiger partial charge in [0.2, 0.25) is 0 Å². The molecule has 0 saturated heterocycles. The third-order valence-electron chi connectivity index (χ3n) is 1.49. The molecule has 0 heterocycles. The Morgan fingerprint density at radius 1 is 1.36 bits per heavy atom. The third-order valence-corrected chi connectivity index (χ3v) is 2.42. The van der Waals surface area contributed by atoms with E-state index in [0.29, 0.717) is 12.0 Å².